The van der Waals surface area contributed by atoms with E-state index in [0.29, 0.717) is 12.8 Å². The minimum Gasteiger partial charge on any atom is -0.468 e. The normalized spacial score (nSPS) is 16.2. The van der Waals surface area contributed by atoms with Crippen LogP contribution in [0.3, 0.4) is 0 Å². The van der Waals surface area contributed by atoms with Crippen molar-refractivity contribution in [1.29, 1.82) is 0 Å². The van der Waals surface area contributed by atoms with Crippen LogP contribution in [-0.2, 0) is 14.3 Å². The highest BCUT2D eigenvalue weighted by Gasteiger charge is 2.57. The molecule has 2 aromatic rings. The second kappa shape index (κ2) is 6.35. The summed E-state index contributed by atoms with van der Waals surface area (Å²) in [5.41, 5.74) is 3.01. The van der Waals surface area contributed by atoms with Gasteiger partial charge in [-0.2, -0.15) is 5.10 Å². The van der Waals surface area contributed by atoms with Crippen molar-refractivity contribution >= 4 is 11.9 Å². The van der Waals surface area contributed by atoms with E-state index in [2.05, 4.69) is 10.4 Å². The van der Waals surface area contributed by atoms with Crippen LogP contribution in [0.1, 0.15) is 42.8 Å². The number of rotatable bonds is 5. The number of nitrogens with one attached hydrogen (secondary N) is 1. The van der Waals surface area contributed by atoms with Crippen molar-refractivity contribution in [2.24, 2.45) is 5.41 Å². The van der Waals surface area contributed by atoms with Crippen molar-refractivity contribution in [2.75, 3.05) is 7.11 Å². The molecule has 0 aliphatic heterocycles. The van der Waals surface area contributed by atoms with Crippen molar-refractivity contribution in [1.82, 2.24) is 15.1 Å². The lowest BCUT2D eigenvalue weighted by atomic mass is 10.0. The molecule has 0 bridgehead atoms. The van der Waals surface area contributed by atoms with E-state index in [9.17, 15) is 9.59 Å². The Kier molecular flexibility index (Phi) is 4.37. The van der Waals surface area contributed by atoms with Crippen molar-refractivity contribution < 1.29 is 14.3 Å². The number of aromatic nitrogens is 2. The van der Waals surface area contributed by atoms with Gasteiger partial charge in [-0.1, -0.05) is 12.1 Å². The summed E-state index contributed by atoms with van der Waals surface area (Å²) in [7, 11) is 1.32. The summed E-state index contributed by atoms with van der Waals surface area (Å²) in [6.07, 6.45) is 1.10. The lowest BCUT2D eigenvalue weighted by molar-refractivity contribution is -0.152. The molecule has 1 saturated carbocycles. The molecule has 1 aromatic carbocycles. The van der Waals surface area contributed by atoms with E-state index in [0.717, 1.165) is 22.6 Å². The van der Waals surface area contributed by atoms with Gasteiger partial charge in [0.05, 0.1) is 24.5 Å². The lowest BCUT2D eigenvalue weighted by Crippen LogP contribution is -2.38. The van der Waals surface area contributed by atoms with Gasteiger partial charge in [-0.15, -0.1) is 0 Å². The zero-order valence-corrected chi connectivity index (χ0v) is 15.0. The summed E-state index contributed by atoms with van der Waals surface area (Å²) >= 11 is 0. The second-order valence-corrected chi connectivity index (χ2v) is 6.70. The molecule has 1 N–H and O–H groups in total. The van der Waals surface area contributed by atoms with Gasteiger partial charge in [-0.05, 0) is 57.4 Å². The molecule has 0 saturated heterocycles. The van der Waals surface area contributed by atoms with Gasteiger partial charge in [0.25, 0.3) is 0 Å². The Hall–Kier alpha value is -2.63. The molecule has 0 radical (unpaired) electrons. The number of nitrogens with zero attached hydrogens (tertiary/aromatic N) is 2. The van der Waals surface area contributed by atoms with Gasteiger partial charge in [-0.3, -0.25) is 9.59 Å². The first-order chi connectivity index (χ1) is 11.9. The molecular weight excluding hydrogens is 318 g/mol. The molecule has 1 heterocycles. The van der Waals surface area contributed by atoms with E-state index in [1.54, 1.807) is 0 Å². The number of carbonyl (C=O) groups excluding carboxylic acids is 2. The molecule has 0 spiro atoms. The third-order valence-electron chi connectivity index (χ3n) is 4.76. The first kappa shape index (κ1) is 17.2. The van der Waals surface area contributed by atoms with Crippen LogP contribution >= 0.6 is 0 Å². The fraction of sp³-hybridized carbons (Fsp3) is 0.421. The predicted molar refractivity (Wildman–Crippen MR) is 93.3 cm³/mol. The number of aryl methyl sites for hydroxylation is 2. The smallest absolute Gasteiger partial charge is 0.321 e. The van der Waals surface area contributed by atoms with Crippen molar-refractivity contribution in [3.8, 4) is 5.69 Å². The topological polar surface area (TPSA) is 73.2 Å². The summed E-state index contributed by atoms with van der Waals surface area (Å²) in [6, 6.07) is 9.72. The number of ether oxygens (including phenoxy) is 1. The third kappa shape index (κ3) is 3.16. The molecule has 25 heavy (non-hydrogen) atoms. The molecule has 6 nitrogen and oxygen atoms in total. The highest BCUT2D eigenvalue weighted by Crippen LogP contribution is 2.47. The molecule has 1 fully saturated rings. The number of hydrogen-bond acceptors (Lipinski definition) is 4. The minimum atomic E-state index is -0.980. The summed E-state index contributed by atoms with van der Waals surface area (Å²) in [5.74, 6) is -0.702. The van der Waals surface area contributed by atoms with E-state index >= 15 is 0 Å². The molecular formula is C19H23N3O3. The number of esters is 1. The van der Waals surface area contributed by atoms with Crippen LogP contribution in [0.2, 0.25) is 0 Å². The molecule has 3 rings (SSSR count). The largest absolute Gasteiger partial charge is 0.468 e. The molecule has 132 valence electrons. The maximum Gasteiger partial charge on any atom is 0.321 e. The molecule has 1 aromatic heterocycles. The first-order valence-corrected chi connectivity index (χ1v) is 8.40. The van der Waals surface area contributed by atoms with Crippen molar-refractivity contribution in [2.45, 2.75) is 39.7 Å². The molecule has 1 atom stereocenters. The van der Waals surface area contributed by atoms with E-state index < -0.39 is 11.4 Å². The minimum absolute atomic E-state index is 0.191. The van der Waals surface area contributed by atoms with Gasteiger partial charge in [-0.25, -0.2) is 4.68 Å². The van der Waals surface area contributed by atoms with Crippen LogP contribution in [0.25, 0.3) is 5.69 Å². The van der Waals surface area contributed by atoms with Gasteiger partial charge >= 0.3 is 5.97 Å². The lowest BCUT2D eigenvalue weighted by Gasteiger charge is -2.19. The average molecular weight is 341 g/mol. The third-order valence-corrected chi connectivity index (χ3v) is 4.76. The van der Waals surface area contributed by atoms with Crippen molar-refractivity contribution in [3.05, 3.63) is 47.3 Å². The van der Waals surface area contributed by atoms with Crippen LogP contribution in [0.4, 0.5) is 0 Å². The van der Waals surface area contributed by atoms with Crippen LogP contribution in [0.15, 0.2) is 30.3 Å². The Morgan fingerprint density at radius 2 is 1.88 bits per heavy atom. The van der Waals surface area contributed by atoms with Crippen LogP contribution < -0.4 is 5.32 Å². The molecule has 1 aliphatic rings. The van der Waals surface area contributed by atoms with Crippen LogP contribution in [0, 0.1) is 19.3 Å². The Morgan fingerprint density at radius 1 is 1.24 bits per heavy atom. The fourth-order valence-corrected chi connectivity index (χ4v) is 3.06. The summed E-state index contributed by atoms with van der Waals surface area (Å²) in [4.78, 5) is 24.2. The van der Waals surface area contributed by atoms with E-state index in [1.807, 2.05) is 55.8 Å². The van der Waals surface area contributed by atoms with E-state index in [4.69, 9.17) is 4.74 Å². The maximum atomic E-state index is 12.4. The highest BCUT2D eigenvalue weighted by atomic mass is 16.5. The molecule has 1 aliphatic carbocycles. The quantitative estimate of drug-likeness (QED) is 0.670. The highest BCUT2D eigenvalue weighted by molar-refractivity contribution is 6.05. The maximum absolute atomic E-state index is 12.4. The molecule has 6 heteroatoms. The zero-order chi connectivity index (χ0) is 18.2. The number of carbonyl (C=O) groups is 2. The Balaban J connectivity index is 1.71. The monoisotopic (exact) mass is 341 g/mol. The van der Waals surface area contributed by atoms with Gasteiger partial charge < -0.3 is 10.1 Å². The number of methoxy groups -OCH3 is 1. The second-order valence-electron chi connectivity index (χ2n) is 6.70. The Morgan fingerprint density at radius 3 is 2.36 bits per heavy atom. The van der Waals surface area contributed by atoms with Crippen molar-refractivity contribution in [3.63, 3.8) is 0 Å². The predicted octanol–water partition coefficient (Wildman–Crippen LogP) is 2.62. The van der Waals surface area contributed by atoms with Crippen LogP contribution in [-0.4, -0.2) is 28.8 Å². The summed E-state index contributed by atoms with van der Waals surface area (Å²) < 4.78 is 6.64. The molecule has 1 amide bonds. The average Bonchev–Trinajstić information content (AvgIpc) is 3.34. The number of amides is 1. The fourth-order valence-electron chi connectivity index (χ4n) is 3.06. The van der Waals surface area contributed by atoms with E-state index in [1.165, 1.54) is 7.11 Å². The summed E-state index contributed by atoms with van der Waals surface area (Å²) in [5, 5.41) is 7.39. The van der Waals surface area contributed by atoms with Crippen LogP contribution in [0.5, 0.6) is 0 Å². The first-order valence-electron chi connectivity index (χ1n) is 8.40. The summed E-state index contributed by atoms with van der Waals surface area (Å²) in [6.45, 7) is 5.88. The standard InChI is InChI=1S/C19H23N3O3/c1-12-11-13(2)22(21-12)16-7-5-15(6-8-16)14(3)20-17(23)19(9-10-19)18(24)25-4/h5-8,11,14H,9-10H2,1-4H3,(H,20,23)/t14-/m1/s1. The Bertz CT molecular complexity index is 804. The number of hydrogen-bond donors (Lipinski definition) is 1. The number of benzene rings is 1. The van der Waals surface area contributed by atoms with E-state index in [-0.39, 0.29) is 11.9 Å². The Labute approximate surface area is 147 Å². The van der Waals surface area contributed by atoms with Gasteiger partial charge in [0.2, 0.25) is 5.91 Å². The van der Waals surface area contributed by atoms with Gasteiger partial charge in [0, 0.05) is 5.69 Å². The van der Waals surface area contributed by atoms with Gasteiger partial charge in [0.15, 0.2) is 0 Å². The zero-order valence-electron chi connectivity index (χ0n) is 15.0. The van der Waals surface area contributed by atoms with Gasteiger partial charge in [0.1, 0.15) is 5.41 Å². The molecule has 0 unspecified atom stereocenters. The SMILES string of the molecule is COC(=O)C1(C(=O)N[C@H](C)c2ccc(-n3nc(C)cc3C)cc2)CC1.